The molecule has 2 rings (SSSR count). The number of rotatable bonds is 6. The largest absolute Gasteiger partial charge is 0.352 e. The third-order valence-corrected chi connectivity index (χ3v) is 4.12. The number of carbonyl (C=O) groups is 1. The van der Waals surface area contributed by atoms with Gasteiger partial charge in [-0.2, -0.15) is 0 Å². The number of nitrogens with one attached hydrogen (secondary N) is 1. The highest BCUT2D eigenvalue weighted by Gasteiger charge is 2.09. The van der Waals surface area contributed by atoms with E-state index in [2.05, 4.69) is 24.1 Å². The lowest BCUT2D eigenvalue weighted by Crippen LogP contribution is -2.24. The van der Waals surface area contributed by atoms with E-state index in [9.17, 15) is 4.79 Å². The Morgan fingerprint density at radius 1 is 1.53 bits per heavy atom. The third-order valence-electron chi connectivity index (χ3n) is 2.89. The number of hydrogen-bond donors (Lipinski definition) is 1. The Morgan fingerprint density at radius 2 is 2.37 bits per heavy atom. The lowest BCUT2D eigenvalue weighted by atomic mass is 10.1. The van der Waals surface area contributed by atoms with E-state index in [1.54, 1.807) is 23.9 Å². The molecule has 0 aliphatic heterocycles. The number of thiophene rings is 1. The molecule has 0 atom stereocenters. The molecule has 0 spiro atoms. The molecule has 0 saturated heterocycles. The standard InChI is InChI=1S/C14H19N3OS/c1-11(2)13-8-12(9-19-13)14(18)16-4-3-6-17-7-5-15-10-17/h5,7-11H,3-4,6H2,1-2H3,(H,16,18). The van der Waals surface area contributed by atoms with Crippen molar-refractivity contribution in [3.63, 3.8) is 0 Å². The van der Waals surface area contributed by atoms with Crippen molar-refractivity contribution in [2.45, 2.75) is 32.7 Å². The molecule has 19 heavy (non-hydrogen) atoms. The summed E-state index contributed by atoms with van der Waals surface area (Å²) in [5.74, 6) is 0.501. The van der Waals surface area contributed by atoms with Crippen LogP contribution in [0, 0.1) is 0 Å². The van der Waals surface area contributed by atoms with Crippen LogP contribution < -0.4 is 5.32 Å². The van der Waals surface area contributed by atoms with E-state index < -0.39 is 0 Å². The molecule has 0 bridgehead atoms. The first-order valence-corrected chi connectivity index (χ1v) is 7.37. The second-order valence-corrected chi connectivity index (χ2v) is 5.75. The lowest BCUT2D eigenvalue weighted by Gasteiger charge is -2.04. The van der Waals surface area contributed by atoms with Crippen molar-refractivity contribution in [1.29, 1.82) is 0 Å². The molecule has 0 saturated carbocycles. The second kappa shape index (κ2) is 6.52. The minimum Gasteiger partial charge on any atom is -0.352 e. The molecule has 5 heteroatoms. The number of imidazole rings is 1. The molecule has 0 unspecified atom stereocenters. The van der Waals surface area contributed by atoms with Crippen molar-refractivity contribution in [3.8, 4) is 0 Å². The van der Waals surface area contributed by atoms with Crippen molar-refractivity contribution in [3.05, 3.63) is 40.6 Å². The average molecular weight is 277 g/mol. The van der Waals surface area contributed by atoms with Crippen LogP contribution in [0.3, 0.4) is 0 Å². The van der Waals surface area contributed by atoms with Crippen LogP contribution in [0.2, 0.25) is 0 Å². The van der Waals surface area contributed by atoms with Gasteiger partial charge in [0.15, 0.2) is 0 Å². The van der Waals surface area contributed by atoms with Crippen LogP contribution in [-0.2, 0) is 6.54 Å². The Balaban J connectivity index is 1.74. The van der Waals surface area contributed by atoms with E-state index >= 15 is 0 Å². The fourth-order valence-electron chi connectivity index (χ4n) is 1.76. The van der Waals surface area contributed by atoms with Crippen molar-refractivity contribution >= 4 is 17.2 Å². The number of amides is 1. The molecule has 0 aromatic carbocycles. The quantitative estimate of drug-likeness (QED) is 0.825. The maximum Gasteiger partial charge on any atom is 0.252 e. The summed E-state index contributed by atoms with van der Waals surface area (Å²) >= 11 is 1.65. The van der Waals surface area contributed by atoms with Gasteiger partial charge < -0.3 is 9.88 Å². The average Bonchev–Trinajstić information content (AvgIpc) is 3.05. The third kappa shape index (κ3) is 3.92. The summed E-state index contributed by atoms with van der Waals surface area (Å²) in [6, 6.07) is 1.99. The predicted molar refractivity (Wildman–Crippen MR) is 77.6 cm³/mol. The van der Waals surface area contributed by atoms with Gasteiger partial charge in [0.25, 0.3) is 5.91 Å². The molecule has 0 aliphatic carbocycles. The van der Waals surface area contributed by atoms with Gasteiger partial charge in [0, 0.05) is 35.7 Å². The summed E-state index contributed by atoms with van der Waals surface area (Å²) in [4.78, 5) is 17.2. The van der Waals surface area contributed by atoms with Crippen LogP contribution in [0.25, 0.3) is 0 Å². The van der Waals surface area contributed by atoms with Gasteiger partial charge >= 0.3 is 0 Å². The molecule has 0 radical (unpaired) electrons. The molecule has 0 aliphatic rings. The van der Waals surface area contributed by atoms with E-state index in [-0.39, 0.29) is 5.91 Å². The summed E-state index contributed by atoms with van der Waals surface area (Å²) in [6.45, 7) is 5.84. The number of nitrogens with zero attached hydrogens (tertiary/aromatic N) is 2. The maximum absolute atomic E-state index is 11.9. The predicted octanol–water partition coefficient (Wildman–Crippen LogP) is 2.89. The van der Waals surface area contributed by atoms with Crippen molar-refractivity contribution < 1.29 is 4.79 Å². The van der Waals surface area contributed by atoms with Crippen molar-refractivity contribution in [2.24, 2.45) is 0 Å². The van der Waals surface area contributed by atoms with Gasteiger partial charge in [-0.25, -0.2) is 4.98 Å². The Labute approximate surface area is 117 Å². The molecule has 4 nitrogen and oxygen atoms in total. The number of carbonyl (C=O) groups excluding carboxylic acids is 1. The minimum absolute atomic E-state index is 0.0220. The monoisotopic (exact) mass is 277 g/mol. The highest BCUT2D eigenvalue weighted by molar-refractivity contribution is 7.10. The molecule has 2 aromatic heterocycles. The van der Waals surface area contributed by atoms with Crippen molar-refractivity contribution in [2.75, 3.05) is 6.54 Å². The molecular formula is C14H19N3OS. The zero-order valence-corrected chi connectivity index (χ0v) is 12.1. The van der Waals surface area contributed by atoms with Gasteiger partial charge in [0.2, 0.25) is 0 Å². The van der Waals surface area contributed by atoms with E-state index in [0.29, 0.717) is 12.5 Å². The van der Waals surface area contributed by atoms with E-state index in [1.807, 2.05) is 22.2 Å². The maximum atomic E-state index is 11.9. The van der Waals surface area contributed by atoms with Gasteiger partial charge in [0.1, 0.15) is 0 Å². The normalized spacial score (nSPS) is 10.9. The molecule has 102 valence electrons. The Hall–Kier alpha value is -1.62. The number of hydrogen-bond acceptors (Lipinski definition) is 3. The van der Waals surface area contributed by atoms with E-state index in [0.717, 1.165) is 18.5 Å². The summed E-state index contributed by atoms with van der Waals surface area (Å²) in [5.41, 5.74) is 0.774. The van der Waals surface area contributed by atoms with E-state index in [4.69, 9.17) is 0 Å². The SMILES string of the molecule is CC(C)c1cc(C(=O)NCCCn2ccnc2)cs1. The fourth-order valence-corrected chi connectivity index (χ4v) is 2.66. The van der Waals surface area contributed by atoms with Crippen LogP contribution in [-0.4, -0.2) is 22.0 Å². The van der Waals surface area contributed by atoms with Crippen LogP contribution in [0.1, 0.15) is 41.4 Å². The molecule has 1 N–H and O–H groups in total. The first-order chi connectivity index (χ1) is 9.16. The second-order valence-electron chi connectivity index (χ2n) is 4.80. The van der Waals surface area contributed by atoms with Gasteiger partial charge in [-0.15, -0.1) is 11.3 Å². The minimum atomic E-state index is 0.0220. The van der Waals surface area contributed by atoms with Gasteiger partial charge in [0.05, 0.1) is 11.9 Å². The molecular weight excluding hydrogens is 258 g/mol. The summed E-state index contributed by atoms with van der Waals surface area (Å²) in [7, 11) is 0. The zero-order chi connectivity index (χ0) is 13.7. The highest BCUT2D eigenvalue weighted by atomic mass is 32.1. The van der Waals surface area contributed by atoms with Crippen LogP contribution >= 0.6 is 11.3 Å². The van der Waals surface area contributed by atoms with Gasteiger partial charge in [-0.05, 0) is 18.4 Å². The van der Waals surface area contributed by atoms with Gasteiger partial charge in [-0.3, -0.25) is 4.79 Å². The lowest BCUT2D eigenvalue weighted by molar-refractivity contribution is 0.0953. The Bertz CT molecular complexity index is 517. The number of aromatic nitrogens is 2. The Morgan fingerprint density at radius 3 is 3.00 bits per heavy atom. The van der Waals surface area contributed by atoms with Crippen LogP contribution in [0.15, 0.2) is 30.2 Å². The van der Waals surface area contributed by atoms with Crippen LogP contribution in [0.4, 0.5) is 0 Å². The first kappa shape index (κ1) is 13.8. The van der Waals surface area contributed by atoms with Crippen molar-refractivity contribution in [1.82, 2.24) is 14.9 Å². The molecule has 1 amide bonds. The smallest absolute Gasteiger partial charge is 0.252 e. The zero-order valence-electron chi connectivity index (χ0n) is 11.3. The highest BCUT2D eigenvalue weighted by Crippen LogP contribution is 2.22. The topological polar surface area (TPSA) is 46.9 Å². The van der Waals surface area contributed by atoms with Gasteiger partial charge in [-0.1, -0.05) is 13.8 Å². The summed E-state index contributed by atoms with van der Waals surface area (Å²) in [6.07, 6.45) is 6.38. The van der Waals surface area contributed by atoms with Crippen LogP contribution in [0.5, 0.6) is 0 Å². The molecule has 0 fully saturated rings. The molecule has 2 heterocycles. The summed E-state index contributed by atoms with van der Waals surface area (Å²) in [5, 5.41) is 4.88. The van der Waals surface area contributed by atoms with E-state index in [1.165, 1.54) is 4.88 Å². The summed E-state index contributed by atoms with van der Waals surface area (Å²) < 4.78 is 2.01. The fraction of sp³-hybridized carbons (Fsp3) is 0.429. The number of aryl methyl sites for hydroxylation is 1. The first-order valence-electron chi connectivity index (χ1n) is 6.49. The Kier molecular flexibility index (Phi) is 4.74. The molecule has 2 aromatic rings.